The van der Waals surface area contributed by atoms with Gasteiger partial charge in [0.2, 0.25) is 12.1 Å². The highest BCUT2D eigenvalue weighted by Gasteiger charge is 2.52. The number of carbonyl (C=O) groups excluding carboxylic acids is 2. The number of carbonyl (C=O) groups is 3. The van der Waals surface area contributed by atoms with E-state index in [0.717, 1.165) is 14.2 Å². The van der Waals surface area contributed by atoms with Gasteiger partial charge >= 0.3 is 11.9 Å². The Morgan fingerprint density at radius 1 is 1.52 bits per heavy atom. The Balaban J connectivity index is 3.19. The van der Waals surface area contributed by atoms with E-state index in [-0.39, 0.29) is 23.9 Å². The molecule has 1 aliphatic heterocycles. The van der Waals surface area contributed by atoms with Crippen LogP contribution in [0.25, 0.3) is 0 Å². The Morgan fingerprint density at radius 3 is 2.64 bits per heavy atom. The van der Waals surface area contributed by atoms with Crippen LogP contribution in [0.4, 0.5) is 8.78 Å². The molecule has 140 valence electrons. The summed E-state index contributed by atoms with van der Waals surface area (Å²) < 4.78 is 39.2. The van der Waals surface area contributed by atoms with Gasteiger partial charge in [-0.15, -0.1) is 0 Å². The van der Waals surface area contributed by atoms with Crippen molar-refractivity contribution in [1.82, 2.24) is 5.32 Å². The molecular weight excluding hydrogens is 366 g/mol. The molecule has 1 amide bonds. The van der Waals surface area contributed by atoms with Crippen LogP contribution in [-0.2, 0) is 28.6 Å². The predicted molar refractivity (Wildman–Crippen MR) is 82.3 cm³/mol. The van der Waals surface area contributed by atoms with Crippen LogP contribution in [0.5, 0.6) is 0 Å². The van der Waals surface area contributed by atoms with Crippen LogP contribution in [0, 0.1) is 0 Å². The summed E-state index contributed by atoms with van der Waals surface area (Å²) in [5.41, 5.74) is -2.79. The number of amides is 1. The van der Waals surface area contributed by atoms with Crippen molar-refractivity contribution in [3.8, 4) is 0 Å². The van der Waals surface area contributed by atoms with Crippen molar-refractivity contribution < 1.29 is 42.5 Å². The van der Waals surface area contributed by atoms with Gasteiger partial charge in [0.1, 0.15) is 0 Å². The molecule has 1 aliphatic rings. The summed E-state index contributed by atoms with van der Waals surface area (Å²) >= 11 is 0.0244. The molecule has 0 saturated carbocycles. The first-order chi connectivity index (χ1) is 11.7. The quantitative estimate of drug-likeness (QED) is 0.445. The van der Waals surface area contributed by atoms with E-state index in [9.17, 15) is 23.2 Å². The van der Waals surface area contributed by atoms with Gasteiger partial charge in [-0.2, -0.15) is 8.78 Å². The molecule has 0 aromatic carbocycles. The van der Waals surface area contributed by atoms with Gasteiger partial charge in [-0.05, 0) is 0 Å². The highest BCUT2D eigenvalue weighted by Crippen LogP contribution is 2.24. The van der Waals surface area contributed by atoms with Crippen LogP contribution in [0.15, 0.2) is 17.1 Å². The van der Waals surface area contributed by atoms with Gasteiger partial charge in [-0.3, -0.25) is 4.79 Å². The number of nitrogens with zero attached hydrogens (tertiary/aromatic N) is 1. The molecule has 1 heterocycles. The molecule has 2 N–H and O–H groups in total. The zero-order chi connectivity index (χ0) is 19.2. The third kappa shape index (κ3) is 4.96. The molecule has 0 spiro atoms. The number of alkyl halides is 2. The maximum absolute atomic E-state index is 12.2. The van der Waals surface area contributed by atoms with E-state index in [2.05, 4.69) is 21.6 Å². The number of carboxylic acids is 1. The van der Waals surface area contributed by atoms with Crippen LogP contribution >= 0.6 is 11.8 Å². The van der Waals surface area contributed by atoms with Gasteiger partial charge < -0.3 is 24.6 Å². The minimum absolute atomic E-state index is 0.0244. The van der Waals surface area contributed by atoms with E-state index in [1.54, 1.807) is 0 Å². The molecule has 2 atom stereocenters. The normalized spacial score (nSPS) is 19.8. The molecule has 0 unspecified atom stereocenters. The lowest BCUT2D eigenvalue weighted by atomic mass is 10.1. The summed E-state index contributed by atoms with van der Waals surface area (Å²) in [5.74, 6) is -7.05. The van der Waals surface area contributed by atoms with E-state index in [1.807, 2.05) is 0 Å². The average Bonchev–Trinajstić information content (AvgIpc) is 2.57. The van der Waals surface area contributed by atoms with Crippen LogP contribution < -0.4 is 5.32 Å². The Bertz CT molecular complexity index is 599. The number of halogens is 2. The lowest BCUT2D eigenvalue weighted by Crippen LogP contribution is -2.65. The van der Waals surface area contributed by atoms with Crippen LogP contribution in [-0.4, -0.2) is 73.0 Å². The van der Waals surface area contributed by atoms with Gasteiger partial charge in [0.25, 0.3) is 11.5 Å². The minimum Gasteiger partial charge on any atom is -0.477 e. The number of aliphatic carboxylic acids is 1. The van der Waals surface area contributed by atoms with Crippen molar-refractivity contribution in [1.29, 1.82) is 0 Å². The van der Waals surface area contributed by atoms with Gasteiger partial charge in [-0.1, -0.05) is 18.3 Å². The fourth-order valence-electron chi connectivity index (χ4n) is 1.89. The van der Waals surface area contributed by atoms with Gasteiger partial charge in [0, 0.05) is 12.7 Å². The van der Waals surface area contributed by atoms with Gasteiger partial charge in [-0.25, -0.2) is 14.6 Å². The van der Waals surface area contributed by atoms with Crippen molar-refractivity contribution in [2.45, 2.75) is 17.7 Å². The molecule has 0 radical (unpaired) electrons. The summed E-state index contributed by atoms with van der Waals surface area (Å²) in [6, 6.07) is 0. The first-order valence-corrected chi connectivity index (χ1v) is 7.68. The van der Waals surface area contributed by atoms with Crippen molar-refractivity contribution in [3.05, 3.63) is 12.2 Å². The molecule has 0 aromatic heterocycles. The van der Waals surface area contributed by atoms with E-state index in [0.29, 0.717) is 0 Å². The minimum atomic E-state index is -2.80. The van der Waals surface area contributed by atoms with Crippen molar-refractivity contribution in [3.63, 3.8) is 0 Å². The predicted octanol–water partition coefficient (Wildman–Crippen LogP) is 0.0122. The Kier molecular flexibility index (Phi) is 7.45. The maximum atomic E-state index is 12.2. The second-order valence-electron chi connectivity index (χ2n) is 4.60. The summed E-state index contributed by atoms with van der Waals surface area (Å²) in [7, 11) is 2.00. The molecule has 12 heteroatoms. The molecule has 0 aromatic rings. The van der Waals surface area contributed by atoms with Gasteiger partial charge in [0.05, 0.1) is 19.5 Å². The van der Waals surface area contributed by atoms with Crippen molar-refractivity contribution in [2.24, 2.45) is 4.99 Å². The lowest BCUT2D eigenvalue weighted by Gasteiger charge is -2.36. The number of methoxy groups -OCH3 is 2. The second kappa shape index (κ2) is 8.87. The summed E-state index contributed by atoms with van der Waals surface area (Å²) in [4.78, 5) is 38.9. The van der Waals surface area contributed by atoms with Crippen LogP contribution in [0.2, 0.25) is 0 Å². The maximum Gasteiger partial charge on any atom is 0.364 e. The average molecular weight is 382 g/mol. The van der Waals surface area contributed by atoms with E-state index >= 15 is 0 Å². The number of esters is 1. The third-order valence-corrected chi connectivity index (χ3v) is 3.70. The second-order valence-corrected chi connectivity index (χ2v) is 5.58. The fraction of sp³-hybridized carbons (Fsp3) is 0.538. The number of hydrogen-bond acceptors (Lipinski definition) is 8. The fourth-order valence-corrected chi connectivity index (χ4v) is 2.24. The number of carboxylic acid groups (broad SMARTS) is 1. The Morgan fingerprint density at radius 2 is 2.16 bits per heavy atom. The number of aliphatic imine (C=N–C) groups is 1. The molecule has 9 nitrogen and oxygen atoms in total. The molecular formula is C13H16F2N2O7S. The van der Waals surface area contributed by atoms with Crippen LogP contribution in [0.3, 0.4) is 0 Å². The molecule has 1 rings (SSSR count). The zero-order valence-corrected chi connectivity index (χ0v) is 14.1. The largest absolute Gasteiger partial charge is 0.477 e. The topological polar surface area (TPSA) is 124 Å². The lowest BCUT2D eigenvalue weighted by molar-refractivity contribution is -0.195. The zero-order valence-electron chi connectivity index (χ0n) is 13.3. The molecule has 0 aliphatic carbocycles. The standard InChI is InChI=1S/C13H16F2N2O7S/c1-6-4-24-10(16-8(6)9(19)20)13(23-3,11(21)22-2)17-7(18)5-25-12(14)15/h10,12H,1,4-5H2,2-3H3,(H,17,18)(H,19,20)/t10-,13-/m1/s1. The molecule has 0 fully saturated rings. The van der Waals surface area contributed by atoms with Crippen LogP contribution in [0.1, 0.15) is 0 Å². The number of hydrogen-bond donors (Lipinski definition) is 2. The highest BCUT2D eigenvalue weighted by molar-refractivity contribution is 8.00. The number of rotatable bonds is 8. The molecule has 0 saturated heterocycles. The van der Waals surface area contributed by atoms with E-state index in [4.69, 9.17) is 14.6 Å². The first-order valence-electron chi connectivity index (χ1n) is 6.63. The molecule has 25 heavy (non-hydrogen) atoms. The van der Waals surface area contributed by atoms with Gasteiger partial charge in [0.15, 0.2) is 5.71 Å². The Labute approximate surface area is 145 Å². The monoisotopic (exact) mass is 382 g/mol. The SMILES string of the molecule is C=C1CO[C@H]([C@@](NC(=O)CSC(F)F)(OC)C(=O)OC)N=C1C(=O)O. The first kappa shape index (κ1) is 21.0. The summed E-state index contributed by atoms with van der Waals surface area (Å²) in [5, 5.41) is 11.2. The highest BCUT2D eigenvalue weighted by atomic mass is 32.2. The summed E-state index contributed by atoms with van der Waals surface area (Å²) in [6.45, 7) is 3.16. The summed E-state index contributed by atoms with van der Waals surface area (Å²) in [6.07, 6.45) is -1.62. The third-order valence-electron chi connectivity index (χ3n) is 3.02. The van der Waals surface area contributed by atoms with E-state index in [1.165, 1.54) is 0 Å². The number of nitrogens with one attached hydrogen (secondary N) is 1. The number of thioether (sulfide) groups is 1. The smallest absolute Gasteiger partial charge is 0.364 e. The number of ether oxygens (including phenoxy) is 3. The molecule has 0 bridgehead atoms. The van der Waals surface area contributed by atoms with Crippen molar-refractivity contribution in [2.75, 3.05) is 26.6 Å². The van der Waals surface area contributed by atoms with Crippen molar-refractivity contribution >= 4 is 35.3 Å². The Hall–Kier alpha value is -2.05. The van der Waals surface area contributed by atoms with E-state index < -0.39 is 47.0 Å².